The van der Waals surface area contributed by atoms with Crippen molar-refractivity contribution in [3.63, 3.8) is 0 Å². The molecule has 0 atom stereocenters. The van der Waals surface area contributed by atoms with E-state index < -0.39 is 0 Å². The van der Waals surface area contributed by atoms with Crippen molar-refractivity contribution in [2.75, 3.05) is 17.2 Å². The van der Waals surface area contributed by atoms with Crippen molar-refractivity contribution in [2.45, 2.75) is 13.3 Å². The van der Waals surface area contributed by atoms with Gasteiger partial charge >= 0.3 is 0 Å². The molecule has 5 heteroatoms. The zero-order valence-corrected chi connectivity index (χ0v) is 10.2. The summed E-state index contributed by atoms with van der Waals surface area (Å²) in [5.74, 6) is 1.01. The molecule has 0 aliphatic carbocycles. The molecular formula is C13H15FN4. The third-order valence-electron chi connectivity index (χ3n) is 2.29. The SMILES string of the molecule is CCCNc1cncc(Nc2cccc(F)c2)n1. The van der Waals surface area contributed by atoms with Gasteiger partial charge in [0.1, 0.15) is 11.6 Å². The van der Waals surface area contributed by atoms with E-state index in [0.29, 0.717) is 17.3 Å². The summed E-state index contributed by atoms with van der Waals surface area (Å²) in [4.78, 5) is 8.40. The molecule has 18 heavy (non-hydrogen) atoms. The molecule has 1 aromatic heterocycles. The van der Waals surface area contributed by atoms with Crippen LogP contribution in [0.2, 0.25) is 0 Å². The number of nitrogens with zero attached hydrogens (tertiary/aromatic N) is 2. The Kier molecular flexibility index (Phi) is 4.06. The minimum atomic E-state index is -0.284. The number of aromatic nitrogens is 2. The molecule has 0 aliphatic rings. The Labute approximate surface area is 105 Å². The van der Waals surface area contributed by atoms with Gasteiger partial charge in [0.05, 0.1) is 12.4 Å². The van der Waals surface area contributed by atoms with Gasteiger partial charge in [-0.1, -0.05) is 13.0 Å². The number of benzene rings is 1. The first-order valence-electron chi connectivity index (χ1n) is 5.86. The van der Waals surface area contributed by atoms with E-state index in [1.807, 2.05) is 0 Å². The van der Waals surface area contributed by atoms with Crippen LogP contribution in [-0.4, -0.2) is 16.5 Å². The lowest BCUT2D eigenvalue weighted by Gasteiger charge is -2.08. The summed E-state index contributed by atoms with van der Waals surface area (Å²) in [6, 6.07) is 6.23. The van der Waals surface area contributed by atoms with E-state index in [1.54, 1.807) is 24.5 Å². The number of rotatable bonds is 5. The van der Waals surface area contributed by atoms with Crippen molar-refractivity contribution in [2.24, 2.45) is 0 Å². The highest BCUT2D eigenvalue weighted by atomic mass is 19.1. The summed E-state index contributed by atoms with van der Waals surface area (Å²) in [5.41, 5.74) is 0.650. The van der Waals surface area contributed by atoms with Gasteiger partial charge in [-0.25, -0.2) is 9.37 Å². The predicted octanol–water partition coefficient (Wildman–Crippen LogP) is 3.18. The van der Waals surface area contributed by atoms with Crippen LogP contribution < -0.4 is 10.6 Å². The second-order valence-corrected chi connectivity index (χ2v) is 3.85. The molecule has 0 unspecified atom stereocenters. The third kappa shape index (κ3) is 3.41. The van der Waals surface area contributed by atoms with E-state index in [0.717, 1.165) is 13.0 Å². The minimum absolute atomic E-state index is 0.284. The average Bonchev–Trinajstić information content (AvgIpc) is 2.37. The topological polar surface area (TPSA) is 49.8 Å². The second-order valence-electron chi connectivity index (χ2n) is 3.85. The molecule has 0 saturated carbocycles. The molecule has 2 rings (SSSR count). The molecule has 2 aromatic rings. The molecule has 0 spiro atoms. The fourth-order valence-electron chi connectivity index (χ4n) is 1.48. The molecule has 1 aromatic carbocycles. The van der Waals surface area contributed by atoms with Gasteiger partial charge in [0.25, 0.3) is 0 Å². The third-order valence-corrected chi connectivity index (χ3v) is 2.29. The quantitative estimate of drug-likeness (QED) is 0.850. The van der Waals surface area contributed by atoms with Gasteiger partial charge in [-0.05, 0) is 24.6 Å². The van der Waals surface area contributed by atoms with Crippen LogP contribution in [0.5, 0.6) is 0 Å². The van der Waals surface area contributed by atoms with Gasteiger partial charge < -0.3 is 10.6 Å². The van der Waals surface area contributed by atoms with Gasteiger partial charge in [0.2, 0.25) is 0 Å². The fraction of sp³-hybridized carbons (Fsp3) is 0.231. The first-order valence-corrected chi connectivity index (χ1v) is 5.86. The monoisotopic (exact) mass is 246 g/mol. The molecule has 0 radical (unpaired) electrons. The smallest absolute Gasteiger partial charge is 0.151 e. The Hall–Kier alpha value is -2.17. The maximum Gasteiger partial charge on any atom is 0.151 e. The van der Waals surface area contributed by atoms with Crippen LogP contribution in [-0.2, 0) is 0 Å². The first kappa shape index (κ1) is 12.3. The highest BCUT2D eigenvalue weighted by Crippen LogP contribution is 2.15. The van der Waals surface area contributed by atoms with E-state index in [-0.39, 0.29) is 5.82 Å². The maximum absolute atomic E-state index is 13.0. The summed E-state index contributed by atoms with van der Waals surface area (Å²) < 4.78 is 13.0. The largest absolute Gasteiger partial charge is 0.369 e. The predicted molar refractivity (Wildman–Crippen MR) is 70.5 cm³/mol. The van der Waals surface area contributed by atoms with Crippen molar-refractivity contribution >= 4 is 17.3 Å². The standard InChI is InChI=1S/C13H15FN4/c1-2-6-16-12-8-15-9-13(18-12)17-11-5-3-4-10(14)7-11/h3-5,7-9H,2,6H2,1H3,(H2,16,17,18). The lowest BCUT2D eigenvalue weighted by Crippen LogP contribution is -2.04. The fourth-order valence-corrected chi connectivity index (χ4v) is 1.48. The second kappa shape index (κ2) is 5.95. The number of anilines is 3. The van der Waals surface area contributed by atoms with E-state index in [9.17, 15) is 4.39 Å². The van der Waals surface area contributed by atoms with Crippen LogP contribution in [0.4, 0.5) is 21.7 Å². The van der Waals surface area contributed by atoms with Gasteiger partial charge in [0.15, 0.2) is 5.82 Å². The molecule has 0 saturated heterocycles. The van der Waals surface area contributed by atoms with Crippen LogP contribution >= 0.6 is 0 Å². The van der Waals surface area contributed by atoms with E-state index in [2.05, 4.69) is 27.5 Å². The zero-order chi connectivity index (χ0) is 12.8. The zero-order valence-electron chi connectivity index (χ0n) is 10.2. The molecule has 0 bridgehead atoms. The molecule has 94 valence electrons. The van der Waals surface area contributed by atoms with Crippen LogP contribution in [0.1, 0.15) is 13.3 Å². The van der Waals surface area contributed by atoms with Crippen molar-refractivity contribution < 1.29 is 4.39 Å². The normalized spacial score (nSPS) is 10.1. The molecule has 4 nitrogen and oxygen atoms in total. The van der Waals surface area contributed by atoms with Crippen molar-refractivity contribution in [3.8, 4) is 0 Å². The lowest BCUT2D eigenvalue weighted by molar-refractivity contribution is 0.628. The van der Waals surface area contributed by atoms with Gasteiger partial charge in [-0.3, -0.25) is 4.98 Å². The van der Waals surface area contributed by atoms with Crippen molar-refractivity contribution in [1.82, 2.24) is 9.97 Å². The Morgan fingerprint density at radius 1 is 1.22 bits per heavy atom. The van der Waals surface area contributed by atoms with E-state index in [1.165, 1.54) is 12.1 Å². The summed E-state index contributed by atoms with van der Waals surface area (Å²) in [6.45, 7) is 2.92. The molecule has 2 N–H and O–H groups in total. The Bertz CT molecular complexity index is 516. The molecule has 1 heterocycles. The van der Waals surface area contributed by atoms with Gasteiger partial charge in [-0.15, -0.1) is 0 Å². The highest BCUT2D eigenvalue weighted by Gasteiger charge is 2.00. The average molecular weight is 246 g/mol. The summed E-state index contributed by atoms with van der Waals surface area (Å²) in [7, 11) is 0. The lowest BCUT2D eigenvalue weighted by atomic mass is 10.3. The number of hydrogen-bond acceptors (Lipinski definition) is 4. The van der Waals surface area contributed by atoms with Crippen LogP contribution in [0, 0.1) is 5.82 Å². The minimum Gasteiger partial charge on any atom is -0.369 e. The number of halogens is 1. The molecule has 0 fully saturated rings. The Morgan fingerprint density at radius 2 is 2.06 bits per heavy atom. The number of hydrogen-bond donors (Lipinski definition) is 2. The van der Waals surface area contributed by atoms with Crippen molar-refractivity contribution in [3.05, 3.63) is 42.5 Å². The molecular weight excluding hydrogens is 231 g/mol. The van der Waals surface area contributed by atoms with Crippen LogP contribution in [0.3, 0.4) is 0 Å². The molecule has 0 aliphatic heterocycles. The highest BCUT2D eigenvalue weighted by molar-refractivity contribution is 5.56. The first-order chi connectivity index (χ1) is 8.78. The summed E-state index contributed by atoms with van der Waals surface area (Å²) in [5, 5.41) is 6.15. The Balaban J connectivity index is 2.09. The van der Waals surface area contributed by atoms with Gasteiger partial charge in [-0.2, -0.15) is 0 Å². The summed E-state index contributed by atoms with van der Waals surface area (Å²) >= 11 is 0. The van der Waals surface area contributed by atoms with Gasteiger partial charge in [0, 0.05) is 12.2 Å². The molecule has 0 amide bonds. The van der Waals surface area contributed by atoms with E-state index in [4.69, 9.17) is 0 Å². The van der Waals surface area contributed by atoms with Crippen LogP contribution in [0.25, 0.3) is 0 Å². The van der Waals surface area contributed by atoms with E-state index >= 15 is 0 Å². The number of nitrogens with one attached hydrogen (secondary N) is 2. The van der Waals surface area contributed by atoms with Crippen molar-refractivity contribution in [1.29, 1.82) is 0 Å². The van der Waals surface area contributed by atoms with Crippen LogP contribution in [0.15, 0.2) is 36.7 Å². The Morgan fingerprint density at radius 3 is 2.83 bits per heavy atom. The maximum atomic E-state index is 13.0. The summed E-state index contributed by atoms with van der Waals surface area (Å²) in [6.07, 6.45) is 4.28.